The zero-order chi connectivity index (χ0) is 34.6. The van der Waals surface area contributed by atoms with Gasteiger partial charge in [0, 0.05) is 19.6 Å². The summed E-state index contributed by atoms with van der Waals surface area (Å²) in [6, 6.07) is 22.0. The molecule has 2 amide bonds. The van der Waals surface area contributed by atoms with E-state index < -0.39 is 40.2 Å². The SMILES string of the molecule is CC[C@H](C)[C@@H](C(=O)N[C@@H](Cc1ccccc1)[C@H](O)CN(CC(C)C)S(=O)(=O)c1ccc(C=NO)cc1)N(Cc1ccccc1)C(=O)O. The second kappa shape index (κ2) is 17.6. The first-order chi connectivity index (χ1) is 22.4. The monoisotopic (exact) mass is 666 g/mol. The van der Waals surface area contributed by atoms with Crippen molar-refractivity contribution in [1.29, 1.82) is 0 Å². The quantitative estimate of drug-likeness (QED) is 0.0913. The molecule has 0 saturated carbocycles. The Hall–Kier alpha value is -4.26. The number of nitrogens with one attached hydrogen (secondary N) is 1. The van der Waals surface area contributed by atoms with Crippen LogP contribution in [0.25, 0.3) is 0 Å². The number of amides is 2. The lowest BCUT2D eigenvalue weighted by Crippen LogP contribution is -2.57. The molecule has 3 aromatic rings. The van der Waals surface area contributed by atoms with E-state index in [0.717, 1.165) is 16.0 Å². The molecule has 0 heterocycles. The molecule has 3 aromatic carbocycles. The van der Waals surface area contributed by atoms with Crippen LogP contribution in [-0.2, 0) is 27.8 Å². The van der Waals surface area contributed by atoms with Gasteiger partial charge >= 0.3 is 6.09 Å². The van der Waals surface area contributed by atoms with Crippen molar-refractivity contribution in [3.63, 3.8) is 0 Å². The second-order valence-corrected chi connectivity index (χ2v) is 14.1. The molecule has 0 unspecified atom stereocenters. The summed E-state index contributed by atoms with van der Waals surface area (Å²) in [5, 5.41) is 36.6. The fourth-order valence-corrected chi connectivity index (χ4v) is 6.99. The Kier molecular flexibility index (Phi) is 13.9. The molecule has 4 atom stereocenters. The van der Waals surface area contributed by atoms with E-state index in [4.69, 9.17) is 5.21 Å². The number of benzene rings is 3. The first kappa shape index (κ1) is 37.2. The van der Waals surface area contributed by atoms with Crippen LogP contribution in [-0.4, -0.2) is 82.5 Å². The molecule has 12 heteroatoms. The largest absolute Gasteiger partial charge is 0.465 e. The summed E-state index contributed by atoms with van der Waals surface area (Å²) in [4.78, 5) is 27.7. The molecule has 47 heavy (non-hydrogen) atoms. The summed E-state index contributed by atoms with van der Waals surface area (Å²) < 4.78 is 28.8. The zero-order valence-corrected chi connectivity index (χ0v) is 28.1. The van der Waals surface area contributed by atoms with Crippen molar-refractivity contribution in [1.82, 2.24) is 14.5 Å². The van der Waals surface area contributed by atoms with E-state index in [2.05, 4.69) is 10.5 Å². The number of nitrogens with zero attached hydrogens (tertiary/aromatic N) is 3. The van der Waals surface area contributed by atoms with Gasteiger partial charge in [0.05, 0.1) is 23.3 Å². The molecule has 0 radical (unpaired) electrons. The third-order valence-corrected chi connectivity index (χ3v) is 9.85. The molecule has 0 aliphatic rings. The molecule has 254 valence electrons. The molecule has 0 aliphatic heterocycles. The van der Waals surface area contributed by atoms with Gasteiger partial charge in [0.25, 0.3) is 0 Å². The number of carboxylic acid groups (broad SMARTS) is 1. The van der Waals surface area contributed by atoms with Crippen LogP contribution < -0.4 is 5.32 Å². The van der Waals surface area contributed by atoms with E-state index in [0.29, 0.717) is 12.0 Å². The highest BCUT2D eigenvalue weighted by Crippen LogP contribution is 2.22. The highest BCUT2D eigenvalue weighted by Gasteiger charge is 2.37. The lowest BCUT2D eigenvalue weighted by Gasteiger charge is -2.35. The van der Waals surface area contributed by atoms with Crippen LogP contribution in [0.15, 0.2) is 95.0 Å². The molecular formula is C35H46N4O7S. The van der Waals surface area contributed by atoms with Crippen molar-refractivity contribution in [2.24, 2.45) is 17.0 Å². The first-order valence-electron chi connectivity index (χ1n) is 15.7. The van der Waals surface area contributed by atoms with Crippen LogP contribution in [0, 0.1) is 11.8 Å². The van der Waals surface area contributed by atoms with Gasteiger partial charge in [-0.3, -0.25) is 9.69 Å². The Morgan fingerprint density at radius 1 is 0.894 bits per heavy atom. The summed E-state index contributed by atoms with van der Waals surface area (Å²) in [6.07, 6.45) is -0.719. The van der Waals surface area contributed by atoms with Crippen LogP contribution in [0.4, 0.5) is 4.79 Å². The molecule has 0 fully saturated rings. The molecule has 4 N–H and O–H groups in total. The third-order valence-electron chi connectivity index (χ3n) is 8.00. The van der Waals surface area contributed by atoms with Gasteiger partial charge in [-0.15, -0.1) is 0 Å². The van der Waals surface area contributed by atoms with E-state index in [9.17, 15) is 28.2 Å². The normalized spacial score (nSPS) is 14.5. The van der Waals surface area contributed by atoms with Crippen LogP contribution in [0.3, 0.4) is 0 Å². The molecule has 11 nitrogen and oxygen atoms in total. The number of carbonyl (C=O) groups excluding carboxylic acids is 1. The molecule has 3 rings (SSSR count). The number of hydrogen-bond donors (Lipinski definition) is 4. The summed E-state index contributed by atoms with van der Waals surface area (Å²) in [5.74, 6) is -1.02. The first-order valence-corrected chi connectivity index (χ1v) is 17.1. The lowest BCUT2D eigenvalue weighted by atomic mass is 9.94. The maximum Gasteiger partial charge on any atom is 0.408 e. The molecule has 0 spiro atoms. The van der Waals surface area contributed by atoms with Gasteiger partial charge in [-0.25, -0.2) is 13.2 Å². The Labute approximate surface area is 277 Å². The molecule has 0 bridgehead atoms. The summed E-state index contributed by atoms with van der Waals surface area (Å²) in [5.41, 5.74) is 2.03. The summed E-state index contributed by atoms with van der Waals surface area (Å²) in [6.45, 7) is 7.19. The fraction of sp³-hybridized carbons (Fsp3) is 0.400. The third kappa shape index (κ3) is 10.6. The number of oxime groups is 1. The van der Waals surface area contributed by atoms with E-state index in [1.807, 2.05) is 64.1 Å². The average Bonchev–Trinajstić information content (AvgIpc) is 3.04. The van der Waals surface area contributed by atoms with E-state index >= 15 is 0 Å². The van der Waals surface area contributed by atoms with Gasteiger partial charge in [0.15, 0.2) is 0 Å². The van der Waals surface area contributed by atoms with Crippen LogP contribution in [0.1, 0.15) is 50.8 Å². The van der Waals surface area contributed by atoms with Gasteiger partial charge in [0.1, 0.15) is 6.04 Å². The minimum absolute atomic E-state index is 0.000990. The summed E-state index contributed by atoms with van der Waals surface area (Å²) in [7, 11) is -4.08. The van der Waals surface area contributed by atoms with Gasteiger partial charge in [0.2, 0.25) is 15.9 Å². The number of aliphatic hydroxyl groups is 1. The van der Waals surface area contributed by atoms with E-state index in [1.54, 1.807) is 24.3 Å². The number of hydrogen-bond acceptors (Lipinski definition) is 7. The van der Waals surface area contributed by atoms with Crippen molar-refractivity contribution < 1.29 is 33.4 Å². The zero-order valence-electron chi connectivity index (χ0n) is 27.3. The summed E-state index contributed by atoms with van der Waals surface area (Å²) >= 11 is 0. The number of rotatable bonds is 17. The molecule has 0 aliphatic carbocycles. The van der Waals surface area contributed by atoms with Crippen LogP contribution >= 0.6 is 0 Å². The maximum absolute atomic E-state index is 14.1. The van der Waals surface area contributed by atoms with Gasteiger partial charge in [-0.2, -0.15) is 4.31 Å². The number of carbonyl (C=O) groups is 2. The van der Waals surface area contributed by atoms with E-state index in [-0.39, 0.29) is 42.8 Å². The Bertz CT molecular complexity index is 1550. The van der Waals surface area contributed by atoms with Crippen molar-refractivity contribution in [2.45, 2.75) is 70.2 Å². The predicted octanol–water partition coefficient (Wildman–Crippen LogP) is 4.82. The van der Waals surface area contributed by atoms with Crippen molar-refractivity contribution in [2.75, 3.05) is 13.1 Å². The van der Waals surface area contributed by atoms with Gasteiger partial charge in [-0.05, 0) is 47.1 Å². The Balaban J connectivity index is 1.96. The molecule has 0 aromatic heterocycles. The van der Waals surface area contributed by atoms with E-state index in [1.165, 1.54) is 34.8 Å². The second-order valence-electron chi connectivity index (χ2n) is 12.1. The smallest absolute Gasteiger partial charge is 0.408 e. The minimum atomic E-state index is -4.08. The van der Waals surface area contributed by atoms with Crippen molar-refractivity contribution in [3.05, 3.63) is 102 Å². The molecule has 0 saturated heterocycles. The predicted molar refractivity (Wildman–Crippen MR) is 181 cm³/mol. The van der Waals surface area contributed by atoms with Crippen LogP contribution in [0.5, 0.6) is 0 Å². The standard InChI is InChI=1S/C35H46N4O7S/c1-5-26(4)33(39(35(42)43)23-29-14-10-7-11-15-29)34(41)37-31(20-27-12-8-6-9-13-27)32(40)24-38(22-25(2)3)47(45,46)30-18-16-28(17-19-30)21-36-44/h6-19,21,25-26,31-33,40,44H,5,20,22-24H2,1-4H3,(H,37,41)(H,42,43)/t26-,31-,32+,33-/m0/s1. The fourth-order valence-electron chi connectivity index (χ4n) is 5.37. The van der Waals surface area contributed by atoms with Crippen molar-refractivity contribution >= 4 is 28.2 Å². The van der Waals surface area contributed by atoms with Crippen molar-refractivity contribution in [3.8, 4) is 0 Å². The van der Waals surface area contributed by atoms with Gasteiger partial charge in [-0.1, -0.05) is 112 Å². The lowest BCUT2D eigenvalue weighted by molar-refractivity contribution is -0.129. The Morgan fingerprint density at radius 3 is 1.98 bits per heavy atom. The van der Waals surface area contributed by atoms with Crippen LogP contribution in [0.2, 0.25) is 0 Å². The minimum Gasteiger partial charge on any atom is -0.465 e. The maximum atomic E-state index is 14.1. The van der Waals surface area contributed by atoms with Gasteiger partial charge < -0.3 is 20.7 Å². The topological polar surface area (TPSA) is 160 Å². The number of aliphatic hydroxyl groups excluding tert-OH is 1. The number of sulfonamides is 1. The average molecular weight is 667 g/mol. The Morgan fingerprint density at radius 2 is 1.47 bits per heavy atom. The molecular weight excluding hydrogens is 620 g/mol. The highest BCUT2D eigenvalue weighted by molar-refractivity contribution is 7.89. The highest BCUT2D eigenvalue weighted by atomic mass is 32.2.